The van der Waals surface area contributed by atoms with Gasteiger partial charge < -0.3 is 5.32 Å². The summed E-state index contributed by atoms with van der Waals surface area (Å²) in [6.07, 6.45) is 10.9. The summed E-state index contributed by atoms with van der Waals surface area (Å²) >= 11 is 0. The zero-order valence-electron chi connectivity index (χ0n) is 13.3. The Morgan fingerprint density at radius 1 is 1.05 bits per heavy atom. The molecule has 0 bridgehead atoms. The van der Waals surface area contributed by atoms with Gasteiger partial charge in [-0.2, -0.15) is 0 Å². The summed E-state index contributed by atoms with van der Waals surface area (Å²) in [6, 6.07) is 11.6. The van der Waals surface area contributed by atoms with Gasteiger partial charge in [0.2, 0.25) is 0 Å². The van der Waals surface area contributed by atoms with Gasteiger partial charge in [-0.1, -0.05) is 69.9 Å². The third-order valence-electron chi connectivity index (χ3n) is 4.76. The summed E-state index contributed by atoms with van der Waals surface area (Å²) in [5, 5.41) is 3.88. The fraction of sp³-hybridized carbons (Fsp3) is 0.684. The Morgan fingerprint density at radius 2 is 1.80 bits per heavy atom. The average molecular weight is 273 g/mol. The number of hydrogen-bond donors (Lipinski definition) is 1. The molecule has 0 saturated heterocycles. The molecular formula is C19H31N. The summed E-state index contributed by atoms with van der Waals surface area (Å²) < 4.78 is 0. The minimum Gasteiger partial charge on any atom is -0.309 e. The van der Waals surface area contributed by atoms with E-state index in [0.717, 1.165) is 0 Å². The topological polar surface area (TPSA) is 12.0 Å². The first-order valence-corrected chi connectivity index (χ1v) is 8.58. The zero-order chi connectivity index (χ0) is 14.3. The van der Waals surface area contributed by atoms with Crippen molar-refractivity contribution >= 4 is 0 Å². The normalized spacial score (nSPS) is 17.9. The first-order valence-electron chi connectivity index (χ1n) is 8.58. The van der Waals surface area contributed by atoms with Crippen LogP contribution >= 0.6 is 0 Å². The summed E-state index contributed by atoms with van der Waals surface area (Å²) in [7, 11) is 0. The van der Waals surface area contributed by atoms with E-state index >= 15 is 0 Å². The number of nitrogens with one attached hydrogen (secondary N) is 1. The Morgan fingerprint density at radius 3 is 2.40 bits per heavy atom. The highest BCUT2D eigenvalue weighted by Gasteiger charge is 2.41. The molecule has 1 unspecified atom stereocenters. The van der Waals surface area contributed by atoms with E-state index in [9.17, 15) is 0 Å². The van der Waals surface area contributed by atoms with Gasteiger partial charge in [-0.25, -0.2) is 0 Å². The first-order chi connectivity index (χ1) is 9.79. The van der Waals surface area contributed by atoms with Crippen LogP contribution in [0.2, 0.25) is 0 Å². The van der Waals surface area contributed by atoms with Crippen LogP contribution in [0, 0.1) is 5.41 Å². The van der Waals surface area contributed by atoms with Crippen LogP contribution in [-0.4, -0.2) is 6.54 Å². The van der Waals surface area contributed by atoms with Crippen LogP contribution in [0.3, 0.4) is 0 Å². The SMILES string of the molecule is CCCCCC(NCC1(CCC)CC1)c1ccccc1. The second kappa shape index (κ2) is 7.83. The van der Waals surface area contributed by atoms with Crippen LogP contribution in [0.1, 0.15) is 76.8 Å². The van der Waals surface area contributed by atoms with Crippen molar-refractivity contribution in [1.82, 2.24) is 5.32 Å². The summed E-state index contributed by atoms with van der Waals surface area (Å²) in [5.41, 5.74) is 2.11. The molecule has 1 fully saturated rings. The van der Waals surface area contributed by atoms with Crippen molar-refractivity contribution in [2.24, 2.45) is 5.41 Å². The van der Waals surface area contributed by atoms with E-state index < -0.39 is 0 Å². The van der Waals surface area contributed by atoms with Crippen molar-refractivity contribution in [1.29, 1.82) is 0 Å². The molecule has 0 aliphatic heterocycles. The molecule has 1 aliphatic carbocycles. The molecule has 1 N–H and O–H groups in total. The predicted molar refractivity (Wildman–Crippen MR) is 87.9 cm³/mol. The lowest BCUT2D eigenvalue weighted by molar-refractivity contribution is 0.373. The van der Waals surface area contributed by atoms with E-state index in [4.69, 9.17) is 0 Å². The van der Waals surface area contributed by atoms with Crippen molar-refractivity contribution < 1.29 is 0 Å². The maximum Gasteiger partial charge on any atom is 0.0320 e. The highest BCUT2D eigenvalue weighted by Crippen LogP contribution is 2.49. The summed E-state index contributed by atoms with van der Waals surface area (Å²) in [5.74, 6) is 0. The smallest absolute Gasteiger partial charge is 0.0320 e. The van der Waals surface area contributed by atoms with E-state index in [-0.39, 0.29) is 0 Å². The molecule has 1 nitrogen and oxygen atoms in total. The summed E-state index contributed by atoms with van der Waals surface area (Å²) in [6.45, 7) is 5.81. The number of benzene rings is 1. The minimum absolute atomic E-state index is 0.553. The van der Waals surface area contributed by atoms with E-state index in [1.807, 2.05) is 0 Å². The largest absolute Gasteiger partial charge is 0.309 e. The molecule has 0 amide bonds. The Hall–Kier alpha value is -0.820. The van der Waals surface area contributed by atoms with Gasteiger partial charge in [-0.3, -0.25) is 0 Å². The third-order valence-corrected chi connectivity index (χ3v) is 4.76. The molecule has 1 heteroatoms. The van der Waals surface area contributed by atoms with Crippen LogP contribution < -0.4 is 5.32 Å². The van der Waals surface area contributed by atoms with E-state index in [0.29, 0.717) is 11.5 Å². The van der Waals surface area contributed by atoms with Gasteiger partial charge in [0, 0.05) is 12.6 Å². The average Bonchev–Trinajstić information content (AvgIpc) is 3.24. The fourth-order valence-corrected chi connectivity index (χ4v) is 3.23. The molecule has 0 spiro atoms. The van der Waals surface area contributed by atoms with Gasteiger partial charge in [0.15, 0.2) is 0 Å². The molecule has 2 rings (SSSR count). The van der Waals surface area contributed by atoms with Crippen LogP contribution in [0.4, 0.5) is 0 Å². The number of hydrogen-bond acceptors (Lipinski definition) is 1. The van der Waals surface area contributed by atoms with Gasteiger partial charge in [0.1, 0.15) is 0 Å². The quantitative estimate of drug-likeness (QED) is 0.557. The van der Waals surface area contributed by atoms with Crippen LogP contribution in [0.5, 0.6) is 0 Å². The standard InChI is InChI=1S/C19H31N/c1-3-5-7-12-18(17-10-8-6-9-11-17)20-16-19(13-4-2)14-15-19/h6,8-11,18,20H,3-5,7,12-16H2,1-2H3. The lowest BCUT2D eigenvalue weighted by Crippen LogP contribution is -2.28. The monoisotopic (exact) mass is 273 g/mol. The predicted octanol–water partition coefficient (Wildman–Crippen LogP) is 5.48. The van der Waals surface area contributed by atoms with Crippen molar-refractivity contribution in [3.8, 4) is 0 Å². The molecular weight excluding hydrogens is 242 g/mol. The van der Waals surface area contributed by atoms with E-state index in [1.165, 1.54) is 63.5 Å². The molecule has 1 atom stereocenters. The molecule has 1 aromatic carbocycles. The molecule has 0 aromatic heterocycles. The van der Waals surface area contributed by atoms with Gasteiger partial charge in [-0.15, -0.1) is 0 Å². The Labute approximate surface area is 125 Å². The van der Waals surface area contributed by atoms with Crippen molar-refractivity contribution in [3.05, 3.63) is 35.9 Å². The van der Waals surface area contributed by atoms with Crippen LogP contribution in [-0.2, 0) is 0 Å². The Kier molecular flexibility index (Phi) is 6.09. The van der Waals surface area contributed by atoms with Crippen molar-refractivity contribution in [2.75, 3.05) is 6.54 Å². The molecule has 1 saturated carbocycles. The maximum absolute atomic E-state index is 3.88. The molecule has 1 aliphatic rings. The Bertz CT molecular complexity index is 367. The van der Waals surface area contributed by atoms with Crippen LogP contribution in [0.25, 0.3) is 0 Å². The lowest BCUT2D eigenvalue weighted by atomic mass is 9.97. The van der Waals surface area contributed by atoms with Crippen molar-refractivity contribution in [2.45, 2.75) is 71.3 Å². The second-order valence-electron chi connectivity index (χ2n) is 6.59. The fourth-order valence-electron chi connectivity index (χ4n) is 3.23. The van der Waals surface area contributed by atoms with Gasteiger partial charge in [0.05, 0.1) is 0 Å². The maximum atomic E-state index is 3.88. The molecule has 112 valence electrons. The van der Waals surface area contributed by atoms with Crippen molar-refractivity contribution in [3.63, 3.8) is 0 Å². The lowest BCUT2D eigenvalue weighted by Gasteiger charge is -2.23. The molecule has 0 radical (unpaired) electrons. The summed E-state index contributed by atoms with van der Waals surface area (Å²) in [4.78, 5) is 0. The molecule has 20 heavy (non-hydrogen) atoms. The number of rotatable bonds is 10. The third kappa shape index (κ3) is 4.63. The van der Waals surface area contributed by atoms with E-state index in [2.05, 4.69) is 49.5 Å². The van der Waals surface area contributed by atoms with Gasteiger partial charge in [0.25, 0.3) is 0 Å². The number of unbranched alkanes of at least 4 members (excludes halogenated alkanes) is 2. The van der Waals surface area contributed by atoms with E-state index in [1.54, 1.807) is 0 Å². The van der Waals surface area contributed by atoms with Gasteiger partial charge in [-0.05, 0) is 36.7 Å². The highest BCUT2D eigenvalue weighted by molar-refractivity contribution is 5.19. The minimum atomic E-state index is 0.553. The second-order valence-corrected chi connectivity index (χ2v) is 6.59. The van der Waals surface area contributed by atoms with Crippen LogP contribution in [0.15, 0.2) is 30.3 Å². The molecule has 1 aromatic rings. The molecule has 0 heterocycles. The zero-order valence-corrected chi connectivity index (χ0v) is 13.3. The first kappa shape index (κ1) is 15.6. The Balaban J connectivity index is 1.89. The highest BCUT2D eigenvalue weighted by atomic mass is 14.9. The van der Waals surface area contributed by atoms with Gasteiger partial charge >= 0.3 is 0 Å².